The maximum absolute atomic E-state index is 12.5. The number of aryl methyl sites for hydroxylation is 1. The summed E-state index contributed by atoms with van der Waals surface area (Å²) >= 11 is 6.26. The zero-order chi connectivity index (χ0) is 16.0. The Kier molecular flexibility index (Phi) is 3.49. The van der Waals surface area contributed by atoms with Gasteiger partial charge in [0, 0.05) is 30.4 Å². The van der Waals surface area contributed by atoms with Crippen LogP contribution in [0.5, 0.6) is 0 Å². The van der Waals surface area contributed by atoms with Crippen molar-refractivity contribution in [1.82, 2.24) is 19.9 Å². The van der Waals surface area contributed by atoms with Gasteiger partial charge in [-0.15, -0.1) is 0 Å². The Morgan fingerprint density at radius 3 is 2.78 bits per heavy atom. The molecule has 1 aromatic heterocycles. The lowest BCUT2D eigenvalue weighted by molar-refractivity contribution is 0.0173. The lowest BCUT2D eigenvalue weighted by Crippen LogP contribution is -2.62. The highest BCUT2D eigenvalue weighted by molar-refractivity contribution is 6.33. The van der Waals surface area contributed by atoms with E-state index in [9.17, 15) is 4.79 Å². The fourth-order valence-electron chi connectivity index (χ4n) is 3.59. The molecule has 23 heavy (non-hydrogen) atoms. The summed E-state index contributed by atoms with van der Waals surface area (Å²) in [4.78, 5) is 16.0. The van der Waals surface area contributed by atoms with Gasteiger partial charge in [0.1, 0.15) is 5.69 Å². The van der Waals surface area contributed by atoms with Crippen molar-refractivity contribution >= 4 is 23.3 Å². The molecule has 3 heterocycles. The minimum Gasteiger partial charge on any atom is -0.318 e. The van der Waals surface area contributed by atoms with E-state index < -0.39 is 0 Å². The number of rotatable bonds is 2. The zero-order valence-corrected chi connectivity index (χ0v) is 13.6. The number of carbonyl (C=O) groups is 1. The van der Waals surface area contributed by atoms with E-state index in [1.807, 2.05) is 17.0 Å². The molecular weight excluding hydrogens is 314 g/mol. The van der Waals surface area contributed by atoms with E-state index in [-0.39, 0.29) is 6.03 Å². The van der Waals surface area contributed by atoms with Gasteiger partial charge in [-0.3, -0.25) is 0 Å². The first kappa shape index (κ1) is 14.5. The highest BCUT2D eigenvalue weighted by Gasteiger charge is 2.44. The van der Waals surface area contributed by atoms with E-state index in [4.69, 9.17) is 11.6 Å². The first-order valence-electron chi connectivity index (χ1n) is 7.87. The summed E-state index contributed by atoms with van der Waals surface area (Å²) in [7, 11) is 1.76. The van der Waals surface area contributed by atoms with E-state index in [0.29, 0.717) is 22.8 Å². The molecule has 0 saturated carbocycles. The number of fused-ring (bicyclic) bond motifs is 2. The molecule has 2 atom stereocenters. The molecule has 2 aliphatic heterocycles. The van der Waals surface area contributed by atoms with Crippen LogP contribution in [-0.4, -0.2) is 38.0 Å². The molecule has 0 spiro atoms. The smallest absolute Gasteiger partial charge is 0.318 e. The van der Waals surface area contributed by atoms with Crippen LogP contribution in [-0.2, 0) is 7.05 Å². The summed E-state index contributed by atoms with van der Waals surface area (Å²) in [6.07, 6.45) is 6.28. The highest BCUT2D eigenvalue weighted by atomic mass is 35.5. The molecular formula is C16H18ClN5O. The number of nitrogens with zero attached hydrogens (tertiary/aromatic N) is 4. The molecule has 120 valence electrons. The maximum atomic E-state index is 12.5. The fourth-order valence-corrected chi connectivity index (χ4v) is 3.81. The Hall–Kier alpha value is -2.08. The second-order valence-electron chi connectivity index (χ2n) is 6.23. The Morgan fingerprint density at radius 2 is 2.13 bits per heavy atom. The van der Waals surface area contributed by atoms with Gasteiger partial charge in [0.05, 0.1) is 11.2 Å². The molecule has 2 fully saturated rings. The van der Waals surface area contributed by atoms with Gasteiger partial charge >= 0.3 is 6.03 Å². The first-order valence-corrected chi connectivity index (χ1v) is 8.25. The predicted molar refractivity (Wildman–Crippen MR) is 88.4 cm³/mol. The Morgan fingerprint density at radius 1 is 1.35 bits per heavy atom. The zero-order valence-electron chi connectivity index (χ0n) is 12.9. The van der Waals surface area contributed by atoms with Gasteiger partial charge in [-0.2, -0.15) is 15.0 Å². The summed E-state index contributed by atoms with van der Waals surface area (Å²) in [5, 5.41) is 11.9. The molecule has 2 aromatic rings. The monoisotopic (exact) mass is 331 g/mol. The third-order valence-corrected chi connectivity index (χ3v) is 5.06. The molecule has 4 rings (SSSR count). The second-order valence-corrected chi connectivity index (χ2v) is 6.63. The molecule has 2 saturated heterocycles. The van der Waals surface area contributed by atoms with Crippen LogP contribution in [0.3, 0.4) is 0 Å². The number of amides is 2. The number of urea groups is 1. The first-order chi connectivity index (χ1) is 11.1. The van der Waals surface area contributed by atoms with E-state index in [0.717, 1.165) is 30.5 Å². The molecule has 2 unspecified atom stereocenters. The van der Waals surface area contributed by atoms with Crippen LogP contribution in [0.25, 0.3) is 11.3 Å². The average molecular weight is 332 g/mol. The quantitative estimate of drug-likeness (QED) is 0.918. The topological polar surface area (TPSA) is 63.1 Å². The van der Waals surface area contributed by atoms with Crippen LogP contribution in [0.2, 0.25) is 5.02 Å². The summed E-state index contributed by atoms with van der Waals surface area (Å²) in [5.74, 6) is 0. The van der Waals surface area contributed by atoms with Crippen molar-refractivity contribution in [3.05, 3.63) is 29.4 Å². The SMILES string of the molecule is Cn1ncc(-c2cc(NC(=O)N3C4CCCC3C4)ccc2Cl)n1. The number of aromatic nitrogens is 3. The van der Waals surface area contributed by atoms with Gasteiger partial charge in [0.2, 0.25) is 0 Å². The van der Waals surface area contributed by atoms with Crippen molar-refractivity contribution in [3.8, 4) is 11.3 Å². The molecule has 0 aliphatic carbocycles. The van der Waals surface area contributed by atoms with Crippen molar-refractivity contribution in [2.45, 2.75) is 37.8 Å². The van der Waals surface area contributed by atoms with Gasteiger partial charge < -0.3 is 10.2 Å². The van der Waals surface area contributed by atoms with Gasteiger partial charge in [-0.1, -0.05) is 11.6 Å². The summed E-state index contributed by atoms with van der Waals surface area (Å²) in [5.41, 5.74) is 2.18. The van der Waals surface area contributed by atoms with Gasteiger partial charge in [0.15, 0.2) is 0 Å². The van der Waals surface area contributed by atoms with Gasteiger partial charge in [-0.05, 0) is 43.9 Å². The van der Waals surface area contributed by atoms with E-state index >= 15 is 0 Å². The van der Waals surface area contributed by atoms with Crippen LogP contribution < -0.4 is 5.32 Å². The van der Waals surface area contributed by atoms with Crippen molar-refractivity contribution in [1.29, 1.82) is 0 Å². The lowest BCUT2D eigenvalue weighted by Gasteiger charge is -2.52. The number of carbonyl (C=O) groups excluding carboxylic acids is 1. The van der Waals surface area contributed by atoms with Crippen molar-refractivity contribution < 1.29 is 4.79 Å². The normalized spacial score (nSPS) is 22.6. The van der Waals surface area contributed by atoms with Crippen molar-refractivity contribution in [3.63, 3.8) is 0 Å². The molecule has 6 nitrogen and oxygen atoms in total. The summed E-state index contributed by atoms with van der Waals surface area (Å²) in [6, 6.07) is 6.26. The average Bonchev–Trinajstić information content (AvgIpc) is 2.96. The maximum Gasteiger partial charge on any atom is 0.322 e. The Bertz CT molecular complexity index is 745. The fraction of sp³-hybridized carbons (Fsp3) is 0.438. The Balaban J connectivity index is 1.54. The number of nitrogens with one attached hydrogen (secondary N) is 1. The largest absolute Gasteiger partial charge is 0.322 e. The van der Waals surface area contributed by atoms with Crippen LogP contribution in [0.15, 0.2) is 24.4 Å². The minimum absolute atomic E-state index is 0.0154. The number of hydrogen-bond donors (Lipinski definition) is 1. The van der Waals surface area contributed by atoms with Gasteiger partial charge in [0.25, 0.3) is 0 Å². The second kappa shape index (κ2) is 5.53. The standard InChI is InChI=1S/C16H18ClN5O/c1-21-18-9-15(20-21)13-7-10(5-6-14(13)17)19-16(23)22-11-3-2-4-12(22)8-11/h5-7,9,11-12H,2-4,8H2,1H3,(H,19,23). The van der Waals surface area contributed by atoms with Crippen LogP contribution in [0.4, 0.5) is 10.5 Å². The molecule has 0 radical (unpaired) electrons. The number of anilines is 1. The highest BCUT2D eigenvalue weighted by Crippen LogP contribution is 2.38. The third kappa shape index (κ3) is 2.57. The van der Waals surface area contributed by atoms with Gasteiger partial charge in [-0.25, -0.2) is 4.79 Å². The van der Waals surface area contributed by atoms with Crippen LogP contribution in [0, 0.1) is 0 Å². The van der Waals surface area contributed by atoms with E-state index in [1.165, 1.54) is 11.2 Å². The van der Waals surface area contributed by atoms with Crippen molar-refractivity contribution in [2.75, 3.05) is 5.32 Å². The van der Waals surface area contributed by atoms with Crippen LogP contribution >= 0.6 is 11.6 Å². The Labute approximate surface area is 139 Å². The van der Waals surface area contributed by atoms with Crippen LogP contribution in [0.1, 0.15) is 25.7 Å². The molecule has 2 amide bonds. The molecule has 2 aliphatic rings. The molecule has 1 N–H and O–H groups in total. The molecule has 7 heteroatoms. The summed E-state index contributed by atoms with van der Waals surface area (Å²) in [6.45, 7) is 0. The number of hydrogen-bond acceptors (Lipinski definition) is 3. The summed E-state index contributed by atoms with van der Waals surface area (Å²) < 4.78 is 0. The lowest BCUT2D eigenvalue weighted by atomic mass is 9.80. The molecule has 2 bridgehead atoms. The molecule has 1 aromatic carbocycles. The number of halogens is 1. The third-order valence-electron chi connectivity index (χ3n) is 4.73. The number of benzene rings is 1. The van der Waals surface area contributed by atoms with E-state index in [2.05, 4.69) is 15.5 Å². The van der Waals surface area contributed by atoms with Crippen molar-refractivity contribution in [2.24, 2.45) is 7.05 Å². The number of piperidine rings is 1. The van der Waals surface area contributed by atoms with E-state index in [1.54, 1.807) is 19.3 Å². The predicted octanol–water partition coefficient (Wildman–Crippen LogP) is 3.29. The minimum atomic E-state index is -0.0154.